The molecule has 0 saturated carbocycles. The van der Waals surface area contributed by atoms with Crippen LogP contribution in [-0.2, 0) is 0 Å². The summed E-state index contributed by atoms with van der Waals surface area (Å²) in [6.07, 6.45) is 11.2. The van der Waals surface area contributed by atoms with Crippen LogP contribution >= 0.6 is 0 Å². The summed E-state index contributed by atoms with van der Waals surface area (Å²) in [4.78, 5) is 0. The van der Waals surface area contributed by atoms with Crippen molar-refractivity contribution in [3.63, 3.8) is 0 Å². The van der Waals surface area contributed by atoms with Crippen LogP contribution < -0.4 is 0 Å². The second kappa shape index (κ2) is 1.77. The predicted molar refractivity (Wildman–Crippen MR) is 34.0 cm³/mol. The SMILES string of the molecule is CC1(C)[C]=CC=[C]C1. The zero-order valence-corrected chi connectivity index (χ0v) is 5.36. The lowest BCUT2D eigenvalue weighted by Gasteiger charge is -2.17. The maximum absolute atomic E-state index is 3.22. The lowest BCUT2D eigenvalue weighted by Crippen LogP contribution is -2.07. The Bertz CT molecular complexity index is 127. The second-order valence-corrected chi connectivity index (χ2v) is 2.74. The van der Waals surface area contributed by atoms with E-state index in [0.29, 0.717) is 0 Å². The van der Waals surface area contributed by atoms with Gasteiger partial charge >= 0.3 is 0 Å². The Hall–Kier alpha value is -0.520. The highest BCUT2D eigenvalue weighted by atomic mass is 14.2. The molecule has 42 valence electrons. The number of hydrogen-bond acceptors (Lipinski definition) is 0. The molecule has 0 unspecified atom stereocenters. The van der Waals surface area contributed by atoms with Gasteiger partial charge in [0.1, 0.15) is 0 Å². The lowest BCUT2D eigenvalue weighted by atomic mass is 9.86. The van der Waals surface area contributed by atoms with Gasteiger partial charge in [0.15, 0.2) is 0 Å². The van der Waals surface area contributed by atoms with Crippen LogP contribution in [0.3, 0.4) is 0 Å². The van der Waals surface area contributed by atoms with E-state index in [0.717, 1.165) is 6.42 Å². The van der Waals surface area contributed by atoms with E-state index in [-0.39, 0.29) is 5.41 Å². The molecule has 0 aromatic rings. The van der Waals surface area contributed by atoms with Crippen LogP contribution in [0.4, 0.5) is 0 Å². The van der Waals surface area contributed by atoms with Crippen LogP contribution in [0.2, 0.25) is 0 Å². The van der Waals surface area contributed by atoms with E-state index in [1.54, 1.807) is 0 Å². The highest BCUT2D eigenvalue weighted by Gasteiger charge is 2.13. The molecule has 0 aliphatic heterocycles. The summed E-state index contributed by atoms with van der Waals surface area (Å²) in [5.74, 6) is 0. The summed E-state index contributed by atoms with van der Waals surface area (Å²) < 4.78 is 0. The molecule has 1 aliphatic rings. The van der Waals surface area contributed by atoms with Crippen molar-refractivity contribution >= 4 is 0 Å². The summed E-state index contributed by atoms with van der Waals surface area (Å²) >= 11 is 0. The third-order valence-electron chi connectivity index (χ3n) is 1.22. The first-order chi connectivity index (χ1) is 3.71. The van der Waals surface area contributed by atoms with E-state index in [4.69, 9.17) is 0 Å². The Kier molecular flexibility index (Phi) is 1.24. The zero-order chi connectivity index (χ0) is 6.04. The van der Waals surface area contributed by atoms with Crippen molar-refractivity contribution in [3.8, 4) is 0 Å². The minimum atomic E-state index is 0.231. The number of rotatable bonds is 0. The van der Waals surface area contributed by atoms with Crippen molar-refractivity contribution < 1.29 is 0 Å². The van der Waals surface area contributed by atoms with Gasteiger partial charge in [-0.05, 0) is 24.0 Å². The molecule has 0 amide bonds. The van der Waals surface area contributed by atoms with Gasteiger partial charge in [-0.1, -0.05) is 26.0 Å². The van der Waals surface area contributed by atoms with Crippen molar-refractivity contribution in [2.45, 2.75) is 20.3 Å². The Morgan fingerprint density at radius 2 is 2.12 bits per heavy atom. The largest absolute Gasteiger partial charge is 0.0584 e. The molecule has 0 aromatic heterocycles. The second-order valence-electron chi connectivity index (χ2n) is 2.74. The van der Waals surface area contributed by atoms with Gasteiger partial charge in [-0.15, -0.1) is 0 Å². The molecule has 0 nitrogen and oxygen atoms in total. The molecule has 0 N–H and O–H groups in total. The molecule has 0 aromatic carbocycles. The van der Waals surface area contributed by atoms with Gasteiger partial charge in [-0.3, -0.25) is 0 Å². The van der Waals surface area contributed by atoms with Crippen LogP contribution in [0.1, 0.15) is 20.3 Å². The predicted octanol–water partition coefficient (Wildman–Crippen LogP) is 2.14. The molecule has 2 radical (unpaired) electrons. The lowest BCUT2D eigenvalue weighted by molar-refractivity contribution is 0.459. The molecule has 1 rings (SSSR count). The first kappa shape index (κ1) is 5.61. The highest BCUT2D eigenvalue weighted by molar-refractivity contribution is 5.05. The van der Waals surface area contributed by atoms with Gasteiger partial charge in [0.25, 0.3) is 0 Å². The average Bonchev–Trinajstić information content (AvgIpc) is 1.65. The van der Waals surface area contributed by atoms with E-state index in [2.05, 4.69) is 26.0 Å². The molecule has 0 atom stereocenters. The topological polar surface area (TPSA) is 0 Å². The fraction of sp³-hybridized carbons (Fsp3) is 0.500. The van der Waals surface area contributed by atoms with Gasteiger partial charge < -0.3 is 0 Å². The van der Waals surface area contributed by atoms with Gasteiger partial charge in [-0.2, -0.15) is 0 Å². The molecule has 8 heavy (non-hydrogen) atoms. The van der Waals surface area contributed by atoms with Gasteiger partial charge in [0.2, 0.25) is 0 Å². The van der Waals surface area contributed by atoms with Crippen molar-refractivity contribution in [2.75, 3.05) is 0 Å². The van der Waals surface area contributed by atoms with Crippen LogP contribution in [0, 0.1) is 17.6 Å². The van der Waals surface area contributed by atoms with Crippen molar-refractivity contribution in [2.24, 2.45) is 5.41 Å². The molecule has 0 spiro atoms. The molecular weight excluding hydrogens is 96.1 g/mol. The summed E-state index contributed by atoms with van der Waals surface area (Å²) in [6, 6.07) is 0. The van der Waals surface area contributed by atoms with Crippen molar-refractivity contribution in [1.29, 1.82) is 0 Å². The van der Waals surface area contributed by atoms with Gasteiger partial charge in [-0.25, -0.2) is 0 Å². The van der Waals surface area contributed by atoms with Crippen LogP contribution in [0.15, 0.2) is 12.2 Å². The monoisotopic (exact) mass is 106 g/mol. The van der Waals surface area contributed by atoms with E-state index >= 15 is 0 Å². The van der Waals surface area contributed by atoms with Crippen molar-refractivity contribution in [3.05, 3.63) is 24.3 Å². The number of allylic oxidation sites excluding steroid dienone is 4. The fourth-order valence-electron chi connectivity index (χ4n) is 0.691. The minimum Gasteiger partial charge on any atom is -0.0584 e. The summed E-state index contributed by atoms with van der Waals surface area (Å²) in [7, 11) is 0. The van der Waals surface area contributed by atoms with Crippen LogP contribution in [0.5, 0.6) is 0 Å². The molecule has 0 heterocycles. The Morgan fingerprint density at radius 3 is 2.38 bits per heavy atom. The maximum Gasteiger partial charge on any atom is -0.00602 e. The number of hydrogen-bond donors (Lipinski definition) is 0. The maximum atomic E-state index is 3.22. The van der Waals surface area contributed by atoms with Crippen LogP contribution in [-0.4, -0.2) is 0 Å². The Morgan fingerprint density at radius 1 is 1.38 bits per heavy atom. The Balaban J connectivity index is 2.65. The first-order valence-corrected chi connectivity index (χ1v) is 2.87. The molecule has 0 saturated heterocycles. The average molecular weight is 106 g/mol. The summed E-state index contributed by atoms with van der Waals surface area (Å²) in [6.45, 7) is 4.31. The van der Waals surface area contributed by atoms with E-state index < -0.39 is 0 Å². The summed E-state index contributed by atoms with van der Waals surface area (Å²) in [5.41, 5.74) is 0.231. The van der Waals surface area contributed by atoms with E-state index in [9.17, 15) is 0 Å². The minimum absolute atomic E-state index is 0.231. The molecule has 0 fully saturated rings. The molecular formula is C8H10. The first-order valence-electron chi connectivity index (χ1n) is 2.87. The standard InChI is InChI=1S/C8H10/c1-8(2)6-4-3-5-7-8/h3-4H,7H2,1-2H3. The van der Waals surface area contributed by atoms with Gasteiger partial charge in [0.05, 0.1) is 0 Å². The summed E-state index contributed by atoms with van der Waals surface area (Å²) in [5, 5.41) is 0. The fourth-order valence-corrected chi connectivity index (χ4v) is 0.691. The normalized spacial score (nSPS) is 23.8. The Labute approximate surface area is 50.9 Å². The molecule has 0 heteroatoms. The van der Waals surface area contributed by atoms with E-state index in [1.807, 2.05) is 12.2 Å². The molecule has 0 bridgehead atoms. The van der Waals surface area contributed by atoms with E-state index in [1.165, 1.54) is 0 Å². The molecule has 1 aliphatic carbocycles. The third kappa shape index (κ3) is 1.22. The zero-order valence-electron chi connectivity index (χ0n) is 5.36. The third-order valence-corrected chi connectivity index (χ3v) is 1.22. The smallest absolute Gasteiger partial charge is 0.00602 e. The van der Waals surface area contributed by atoms with Gasteiger partial charge in [0, 0.05) is 0 Å². The van der Waals surface area contributed by atoms with Crippen molar-refractivity contribution in [1.82, 2.24) is 0 Å². The van der Waals surface area contributed by atoms with Crippen LogP contribution in [0.25, 0.3) is 0 Å². The highest BCUT2D eigenvalue weighted by Crippen LogP contribution is 2.23. The quantitative estimate of drug-likeness (QED) is 0.444.